The third-order valence-corrected chi connectivity index (χ3v) is 3.96. The van der Waals surface area contributed by atoms with Crippen LogP contribution in [0.2, 0.25) is 0 Å². The zero-order chi connectivity index (χ0) is 13.1. The quantitative estimate of drug-likeness (QED) is 0.569. The predicted molar refractivity (Wildman–Crippen MR) is 76.0 cm³/mol. The van der Waals surface area contributed by atoms with Crippen molar-refractivity contribution >= 4 is 18.2 Å². The Balaban J connectivity index is 2.19. The molecule has 1 fully saturated rings. The summed E-state index contributed by atoms with van der Waals surface area (Å²) in [6, 6.07) is 3.93. The average molecular weight is 243 g/mol. The van der Waals surface area contributed by atoms with Gasteiger partial charge in [0.25, 0.3) is 0 Å². The van der Waals surface area contributed by atoms with E-state index in [1.165, 1.54) is 25.7 Å². The summed E-state index contributed by atoms with van der Waals surface area (Å²) in [6.07, 6.45) is 5.72. The number of carbonyl (C=O) groups excluding carboxylic acids is 1. The van der Waals surface area contributed by atoms with E-state index in [9.17, 15) is 4.79 Å². The van der Waals surface area contributed by atoms with Gasteiger partial charge in [0.15, 0.2) is 5.78 Å². The first-order valence-corrected chi connectivity index (χ1v) is 6.73. The normalized spacial score (nSPS) is 15.9. The van der Waals surface area contributed by atoms with Gasteiger partial charge in [-0.3, -0.25) is 9.79 Å². The summed E-state index contributed by atoms with van der Waals surface area (Å²) in [5.41, 5.74) is 3.80. The van der Waals surface area contributed by atoms with Crippen molar-refractivity contribution in [3.63, 3.8) is 0 Å². The number of Topliss-reactive ketones (excluding diaryl/α,β-unsaturated/α-hetero) is 1. The molecule has 0 unspecified atom stereocenters. The van der Waals surface area contributed by atoms with Crippen LogP contribution in [0.1, 0.15) is 53.6 Å². The molecule has 0 N–H and O–H groups in total. The molecule has 2 nitrogen and oxygen atoms in total. The fourth-order valence-electron chi connectivity index (χ4n) is 2.86. The van der Waals surface area contributed by atoms with Gasteiger partial charge >= 0.3 is 0 Å². The van der Waals surface area contributed by atoms with Gasteiger partial charge in [-0.15, -0.1) is 0 Å². The van der Waals surface area contributed by atoms with E-state index in [0.717, 1.165) is 22.4 Å². The van der Waals surface area contributed by atoms with Crippen molar-refractivity contribution in [1.29, 1.82) is 0 Å². The molecule has 1 aliphatic carbocycles. The maximum atomic E-state index is 12.3. The smallest absolute Gasteiger partial charge is 0.163 e. The lowest BCUT2D eigenvalue weighted by molar-refractivity contribution is 0.0961. The lowest BCUT2D eigenvalue weighted by Crippen LogP contribution is -2.08. The van der Waals surface area contributed by atoms with Crippen LogP contribution in [0.4, 0.5) is 5.69 Å². The Kier molecular flexibility index (Phi) is 3.95. The summed E-state index contributed by atoms with van der Waals surface area (Å²) in [4.78, 5) is 16.3. The Bertz CT molecular complexity index is 470. The topological polar surface area (TPSA) is 29.4 Å². The number of hydrogen-bond acceptors (Lipinski definition) is 2. The van der Waals surface area contributed by atoms with Gasteiger partial charge in [-0.25, -0.2) is 0 Å². The van der Waals surface area contributed by atoms with Crippen LogP contribution in [0.25, 0.3) is 0 Å². The zero-order valence-corrected chi connectivity index (χ0v) is 11.3. The summed E-state index contributed by atoms with van der Waals surface area (Å²) in [5.74, 6) is 0.896. The third kappa shape index (κ3) is 2.69. The van der Waals surface area contributed by atoms with Crippen molar-refractivity contribution < 1.29 is 4.79 Å². The molecule has 0 radical (unpaired) electrons. The number of aliphatic imine (C=N–C) groups is 1. The molecule has 0 aliphatic heterocycles. The molecule has 0 bridgehead atoms. The van der Waals surface area contributed by atoms with E-state index < -0.39 is 0 Å². The summed E-state index contributed by atoms with van der Waals surface area (Å²) in [5, 5.41) is 0. The molecule has 0 spiro atoms. The lowest BCUT2D eigenvalue weighted by Gasteiger charge is -2.11. The van der Waals surface area contributed by atoms with Crippen LogP contribution in [0.3, 0.4) is 0 Å². The molecule has 0 heterocycles. The average Bonchev–Trinajstić information content (AvgIpc) is 2.84. The second-order valence-electron chi connectivity index (χ2n) is 5.39. The van der Waals surface area contributed by atoms with Crippen molar-refractivity contribution in [2.24, 2.45) is 10.9 Å². The molecule has 1 saturated carbocycles. The number of aryl methyl sites for hydroxylation is 2. The highest BCUT2D eigenvalue weighted by Crippen LogP contribution is 2.30. The van der Waals surface area contributed by atoms with Gasteiger partial charge in [0, 0.05) is 12.0 Å². The minimum Gasteiger partial charge on any atom is -0.294 e. The van der Waals surface area contributed by atoms with Gasteiger partial charge in [-0.05, 0) is 49.7 Å². The van der Waals surface area contributed by atoms with Crippen LogP contribution in [-0.4, -0.2) is 12.5 Å². The molecular weight excluding hydrogens is 222 g/mol. The van der Waals surface area contributed by atoms with Crippen molar-refractivity contribution in [2.75, 3.05) is 0 Å². The van der Waals surface area contributed by atoms with Gasteiger partial charge in [0.05, 0.1) is 5.69 Å². The fraction of sp³-hybridized carbons (Fsp3) is 0.500. The fourth-order valence-corrected chi connectivity index (χ4v) is 2.86. The number of hydrogen-bond donors (Lipinski definition) is 0. The van der Waals surface area contributed by atoms with E-state index >= 15 is 0 Å². The highest BCUT2D eigenvalue weighted by molar-refractivity contribution is 5.98. The largest absolute Gasteiger partial charge is 0.294 e. The standard InChI is InChI=1S/C16H21NO/c1-11-9-15(17-3)12(2)8-14(11)16(18)10-13-6-4-5-7-13/h8-9,13H,3-7,10H2,1-2H3. The molecule has 1 aliphatic rings. The van der Waals surface area contributed by atoms with Gasteiger partial charge in [-0.2, -0.15) is 0 Å². The molecule has 0 amide bonds. The first-order valence-electron chi connectivity index (χ1n) is 6.73. The summed E-state index contributed by atoms with van der Waals surface area (Å²) < 4.78 is 0. The first kappa shape index (κ1) is 13.0. The zero-order valence-electron chi connectivity index (χ0n) is 11.3. The van der Waals surface area contributed by atoms with E-state index in [2.05, 4.69) is 11.7 Å². The summed E-state index contributed by atoms with van der Waals surface area (Å²) >= 11 is 0. The first-order chi connectivity index (χ1) is 8.61. The van der Waals surface area contributed by atoms with E-state index in [1.807, 2.05) is 26.0 Å². The van der Waals surface area contributed by atoms with Gasteiger partial charge in [0.1, 0.15) is 0 Å². The molecule has 96 valence electrons. The van der Waals surface area contributed by atoms with Crippen LogP contribution in [0, 0.1) is 19.8 Å². The van der Waals surface area contributed by atoms with Crippen molar-refractivity contribution in [3.8, 4) is 0 Å². The number of ketones is 1. The van der Waals surface area contributed by atoms with Crippen molar-refractivity contribution in [3.05, 3.63) is 28.8 Å². The number of rotatable bonds is 4. The second kappa shape index (κ2) is 5.47. The van der Waals surface area contributed by atoms with Crippen LogP contribution < -0.4 is 0 Å². The number of carbonyl (C=O) groups is 1. The second-order valence-corrected chi connectivity index (χ2v) is 5.39. The summed E-state index contributed by atoms with van der Waals surface area (Å²) in [6.45, 7) is 7.52. The molecule has 2 heteroatoms. The van der Waals surface area contributed by atoms with Crippen LogP contribution >= 0.6 is 0 Å². The monoisotopic (exact) mass is 243 g/mol. The van der Waals surface area contributed by atoms with Gasteiger partial charge in [0.2, 0.25) is 0 Å². The Morgan fingerprint density at radius 3 is 2.56 bits per heavy atom. The Morgan fingerprint density at radius 1 is 1.28 bits per heavy atom. The molecule has 1 aromatic rings. The minimum absolute atomic E-state index is 0.290. The van der Waals surface area contributed by atoms with E-state index in [-0.39, 0.29) is 5.78 Å². The Hall–Kier alpha value is -1.44. The molecule has 18 heavy (non-hydrogen) atoms. The Labute approximate surface area is 109 Å². The molecule has 0 saturated heterocycles. The molecule has 0 atom stereocenters. The third-order valence-electron chi connectivity index (χ3n) is 3.96. The molecular formula is C16H21NO. The van der Waals surface area contributed by atoms with E-state index in [0.29, 0.717) is 12.3 Å². The lowest BCUT2D eigenvalue weighted by atomic mass is 9.93. The highest BCUT2D eigenvalue weighted by Gasteiger charge is 2.20. The molecule has 2 rings (SSSR count). The summed E-state index contributed by atoms with van der Waals surface area (Å²) in [7, 11) is 0. The molecule has 1 aromatic carbocycles. The van der Waals surface area contributed by atoms with Gasteiger partial charge in [-0.1, -0.05) is 25.7 Å². The van der Waals surface area contributed by atoms with E-state index in [1.54, 1.807) is 0 Å². The van der Waals surface area contributed by atoms with Crippen LogP contribution in [-0.2, 0) is 0 Å². The van der Waals surface area contributed by atoms with E-state index in [4.69, 9.17) is 0 Å². The van der Waals surface area contributed by atoms with Gasteiger partial charge < -0.3 is 0 Å². The minimum atomic E-state index is 0.290. The number of nitrogens with zero attached hydrogens (tertiary/aromatic N) is 1. The van der Waals surface area contributed by atoms with Crippen molar-refractivity contribution in [1.82, 2.24) is 0 Å². The number of benzene rings is 1. The molecule has 0 aromatic heterocycles. The van der Waals surface area contributed by atoms with Crippen LogP contribution in [0.15, 0.2) is 17.1 Å². The highest BCUT2D eigenvalue weighted by atomic mass is 16.1. The SMILES string of the molecule is C=Nc1cc(C)c(C(=O)CC2CCCC2)cc1C. The maximum absolute atomic E-state index is 12.3. The maximum Gasteiger partial charge on any atom is 0.163 e. The van der Waals surface area contributed by atoms with Crippen molar-refractivity contribution in [2.45, 2.75) is 46.0 Å². The predicted octanol–water partition coefficient (Wildman–Crippen LogP) is 4.40. The Morgan fingerprint density at radius 2 is 1.94 bits per heavy atom. The van der Waals surface area contributed by atoms with Crippen LogP contribution in [0.5, 0.6) is 0 Å².